The first-order valence-electron chi connectivity index (χ1n) is 27.0. The monoisotopic (exact) mass is 1260 g/mol. The molecule has 4 atom stereocenters. The van der Waals surface area contributed by atoms with E-state index in [2.05, 4.69) is 55.4 Å². The van der Waals surface area contributed by atoms with Crippen molar-refractivity contribution >= 4 is 96.1 Å². The number of rotatable bonds is 25. The molecule has 4 aromatic heterocycles. The summed E-state index contributed by atoms with van der Waals surface area (Å²) in [5, 5.41) is 17.2. The molecule has 0 spiro atoms. The van der Waals surface area contributed by atoms with E-state index in [4.69, 9.17) is 52.3 Å². The molecule has 0 aliphatic heterocycles. The third-order valence-electron chi connectivity index (χ3n) is 12.1. The predicted octanol–water partition coefficient (Wildman–Crippen LogP) is 6.71. The molecule has 0 aliphatic carbocycles. The third kappa shape index (κ3) is 21.6. The summed E-state index contributed by atoms with van der Waals surface area (Å²) < 4.78 is 47.5. The molecule has 0 saturated carbocycles. The fourth-order valence-electron chi connectivity index (χ4n) is 7.91. The fourth-order valence-corrected chi connectivity index (χ4v) is 11.5. The number of carbonyl (C=O) groups excluding carboxylic acids is 3. The van der Waals surface area contributed by atoms with Crippen molar-refractivity contribution in [1.82, 2.24) is 55.4 Å². The van der Waals surface area contributed by atoms with Crippen LogP contribution in [0.4, 0.5) is 34.9 Å². The van der Waals surface area contributed by atoms with Crippen LogP contribution >= 0.6 is 15.0 Å². The number of amides is 1. The number of aromatic carboxylic acids is 1. The van der Waals surface area contributed by atoms with Crippen LogP contribution in [0.3, 0.4) is 0 Å². The number of nitrogens with one attached hydrogen (secondary N) is 3. The number of para-hydroxylation sites is 2. The molecule has 4 heterocycles. The van der Waals surface area contributed by atoms with E-state index in [0.717, 1.165) is 11.4 Å². The quantitative estimate of drug-likeness (QED) is 0.0212. The van der Waals surface area contributed by atoms with Crippen LogP contribution in [0.5, 0.6) is 11.5 Å². The van der Waals surface area contributed by atoms with Crippen molar-refractivity contribution in [3.8, 4) is 11.5 Å². The van der Waals surface area contributed by atoms with Gasteiger partial charge in [0.2, 0.25) is 11.9 Å². The molecule has 0 radical (unpaired) electrons. The number of ether oxygens (including phenoxy) is 2. The SMILES string of the molecule is C.C.CCOC(=O)[C@H](C)NP(=O)(CCN)Oc1ccccc1.CCOC(=O)[C@H](C)NP(=O)(CCNC(=O)c1ccc(N(C)Cc2cnc3nc(N)nc(N)c3n2)cc1)Oc1ccccc1.CN(Cc1cnc2nc(N)nc(N)c2n1)c1ccc(C(=O)O)cc1. The Morgan fingerprint density at radius 3 is 1.35 bits per heavy atom. The molecular weight excluding hydrogens is 1190 g/mol. The summed E-state index contributed by atoms with van der Waals surface area (Å²) in [4.78, 5) is 84.6. The molecule has 31 heteroatoms. The van der Waals surface area contributed by atoms with Gasteiger partial charge in [-0.15, -0.1) is 0 Å². The number of benzene rings is 4. The number of carboxylic acids is 1. The number of aromatic nitrogens is 8. The second-order valence-corrected chi connectivity index (χ2v) is 23.4. The van der Waals surface area contributed by atoms with Crippen LogP contribution < -0.4 is 63.0 Å². The lowest BCUT2D eigenvalue weighted by molar-refractivity contribution is -0.145. The molecular formula is C58H78N18O11P2. The van der Waals surface area contributed by atoms with Gasteiger partial charge in [-0.1, -0.05) is 51.3 Å². The molecule has 0 aliphatic rings. The van der Waals surface area contributed by atoms with Crippen molar-refractivity contribution in [2.24, 2.45) is 5.73 Å². The Labute approximate surface area is 516 Å². The molecule has 0 saturated heterocycles. The van der Waals surface area contributed by atoms with E-state index in [-0.39, 0.29) is 88.5 Å². The van der Waals surface area contributed by atoms with Gasteiger partial charge >= 0.3 is 32.9 Å². The first-order chi connectivity index (χ1) is 41.5. The number of hydrogen-bond donors (Lipinski definition) is 9. The van der Waals surface area contributed by atoms with Gasteiger partial charge in [-0.3, -0.25) is 23.5 Å². The van der Waals surface area contributed by atoms with Crippen LogP contribution in [0, 0.1) is 0 Å². The molecule has 89 heavy (non-hydrogen) atoms. The zero-order valence-corrected chi connectivity index (χ0v) is 50.4. The first kappa shape index (κ1) is 71.8. The van der Waals surface area contributed by atoms with E-state index >= 15 is 0 Å². The molecule has 29 nitrogen and oxygen atoms in total. The Bertz CT molecular complexity index is 3720. The van der Waals surface area contributed by atoms with Gasteiger partial charge in [0.25, 0.3) is 5.91 Å². The maximum absolute atomic E-state index is 13.7. The number of anilines is 6. The summed E-state index contributed by atoms with van der Waals surface area (Å²) in [6.07, 6.45) is 3.25. The van der Waals surface area contributed by atoms with Crippen molar-refractivity contribution in [1.29, 1.82) is 0 Å². The largest absolute Gasteiger partial charge is 0.478 e. The van der Waals surface area contributed by atoms with Crippen LogP contribution in [0.1, 0.15) is 74.7 Å². The number of carboxylic acid groups (broad SMARTS) is 1. The maximum Gasteiger partial charge on any atom is 0.335 e. The normalized spacial score (nSPS) is 12.6. The van der Waals surface area contributed by atoms with Crippen molar-refractivity contribution in [3.05, 3.63) is 144 Å². The highest BCUT2D eigenvalue weighted by molar-refractivity contribution is 7.57. The van der Waals surface area contributed by atoms with E-state index in [1.807, 2.05) is 30.0 Å². The Morgan fingerprint density at radius 1 is 0.573 bits per heavy atom. The van der Waals surface area contributed by atoms with Gasteiger partial charge < -0.3 is 67.4 Å². The smallest absolute Gasteiger partial charge is 0.335 e. The van der Waals surface area contributed by atoms with E-state index < -0.39 is 45.0 Å². The number of nitrogens with zero attached hydrogens (tertiary/aromatic N) is 10. The zero-order chi connectivity index (χ0) is 63.3. The average Bonchev–Trinajstić information content (AvgIpc) is 3.69. The fraction of sp³-hybridized carbons (Fsp3) is 0.310. The van der Waals surface area contributed by atoms with Crippen LogP contribution in [-0.2, 0) is 41.3 Å². The van der Waals surface area contributed by atoms with Crippen LogP contribution in [0.25, 0.3) is 22.3 Å². The molecule has 0 bridgehead atoms. The lowest BCUT2D eigenvalue weighted by Crippen LogP contribution is -2.37. The highest BCUT2D eigenvalue weighted by Gasteiger charge is 2.31. The number of hydrogen-bond acceptors (Lipinski definition) is 25. The van der Waals surface area contributed by atoms with Crippen LogP contribution in [0.15, 0.2) is 122 Å². The summed E-state index contributed by atoms with van der Waals surface area (Å²) in [6, 6.07) is 29.3. The maximum atomic E-state index is 13.7. The van der Waals surface area contributed by atoms with Gasteiger partial charge in [-0.2, -0.15) is 19.9 Å². The van der Waals surface area contributed by atoms with Gasteiger partial charge in [-0.25, -0.2) is 34.9 Å². The predicted molar refractivity (Wildman–Crippen MR) is 344 cm³/mol. The van der Waals surface area contributed by atoms with Crippen LogP contribution in [-0.4, -0.2) is 134 Å². The molecule has 1 amide bonds. The molecule has 8 aromatic rings. The third-order valence-corrected chi connectivity index (χ3v) is 16.3. The van der Waals surface area contributed by atoms with Crippen molar-refractivity contribution in [2.45, 2.75) is 67.7 Å². The zero-order valence-electron chi connectivity index (χ0n) is 48.6. The number of fused-ring (bicyclic) bond motifs is 2. The van der Waals surface area contributed by atoms with Gasteiger partial charge in [0.15, 0.2) is 34.0 Å². The Kier molecular flexibility index (Phi) is 27.5. The number of nitrogens with two attached hydrogens (primary N) is 5. The second kappa shape index (κ2) is 34.0. The van der Waals surface area contributed by atoms with Gasteiger partial charge in [0, 0.05) is 44.1 Å². The van der Waals surface area contributed by atoms with Crippen molar-refractivity contribution < 1.29 is 51.9 Å². The summed E-state index contributed by atoms with van der Waals surface area (Å²) >= 11 is 0. The average molecular weight is 1270 g/mol. The minimum Gasteiger partial charge on any atom is -0.478 e. The molecule has 4 aromatic carbocycles. The van der Waals surface area contributed by atoms with Crippen molar-refractivity contribution in [3.63, 3.8) is 0 Å². The van der Waals surface area contributed by atoms with E-state index in [0.29, 0.717) is 63.9 Å². The summed E-state index contributed by atoms with van der Waals surface area (Å²) in [6.45, 7) is 8.07. The number of carbonyl (C=O) groups is 4. The highest BCUT2D eigenvalue weighted by Crippen LogP contribution is 2.44. The topological polar surface area (TPSA) is 435 Å². The van der Waals surface area contributed by atoms with Gasteiger partial charge in [0.1, 0.15) is 23.6 Å². The minimum absolute atomic E-state index is 0. The van der Waals surface area contributed by atoms with E-state index in [9.17, 15) is 28.3 Å². The molecule has 2 unspecified atom stereocenters. The minimum atomic E-state index is -3.60. The van der Waals surface area contributed by atoms with Gasteiger partial charge in [0.05, 0.1) is 68.0 Å². The van der Waals surface area contributed by atoms with E-state index in [1.54, 1.807) is 143 Å². The second-order valence-electron chi connectivity index (χ2n) is 19.0. The molecule has 476 valence electrons. The Hall–Kier alpha value is -9.66. The Morgan fingerprint density at radius 2 is 0.966 bits per heavy atom. The first-order valence-corrected chi connectivity index (χ1v) is 30.6. The summed E-state index contributed by atoms with van der Waals surface area (Å²) in [7, 11) is -3.12. The van der Waals surface area contributed by atoms with E-state index in [1.165, 1.54) is 0 Å². The standard InChI is InChI=1S/C28H34N9O5P.C15H15N7O2.C13H21N2O4P.2CH4/c1-4-41-27(39)18(2)36-43(40,42-22-8-6-5-7-9-22)15-14-31-26(38)19-10-12-21(13-11-19)37(3)17-20-16-32-25-23(33-20)24(29)34-28(30)35-25;1-22(10-4-2-8(3-5-10)14(23)24)7-9-6-18-13-11(19-9)12(16)20-15(17)21-13;1-3-18-13(16)11(2)15-20(17,10-9-14)19-12-7-5-4-6-8-12;;/h5-13,16,18H,4,14-15,17H2,1-3H3,(H,31,38)(H,36,40)(H4,29,30,32,34,35);2-6H,7H2,1H3,(H,23,24)(H4,16,17,18,20,21);4-8,11H,3,9-10,14H2,1-2H3,(H,15,17);2*1H4/t18-,43?;;11-,20?;;/m0.0../s1. The molecule has 8 rings (SSSR count). The van der Waals surface area contributed by atoms with Crippen LogP contribution in [0.2, 0.25) is 0 Å². The van der Waals surface area contributed by atoms with Crippen molar-refractivity contribution in [2.75, 3.05) is 85.5 Å². The number of esters is 2. The molecule has 14 N–H and O–H groups in total. The molecule has 0 fully saturated rings. The Balaban J connectivity index is 0.000000311. The highest BCUT2D eigenvalue weighted by atomic mass is 31.2. The number of nitrogen functional groups attached to an aromatic ring is 4. The summed E-state index contributed by atoms with van der Waals surface area (Å²) in [5.41, 5.74) is 33.4. The summed E-state index contributed by atoms with van der Waals surface area (Å²) in [5.74, 6) is -1.08. The lowest BCUT2D eigenvalue weighted by atomic mass is 10.2. The van der Waals surface area contributed by atoms with Gasteiger partial charge in [-0.05, 0) is 100 Å². The lowest BCUT2D eigenvalue weighted by Gasteiger charge is -2.23.